The molecule has 0 saturated carbocycles. The third kappa shape index (κ3) is 3.41. The van der Waals surface area contributed by atoms with Gasteiger partial charge in [0.05, 0.1) is 10.7 Å². The van der Waals surface area contributed by atoms with Crippen molar-refractivity contribution in [3.8, 4) is 5.75 Å². The van der Waals surface area contributed by atoms with Crippen molar-refractivity contribution in [2.75, 3.05) is 13.1 Å². The Hall–Kier alpha value is -2.01. The third-order valence-corrected chi connectivity index (χ3v) is 4.65. The lowest BCUT2D eigenvalue weighted by Crippen LogP contribution is -2.42. The molecule has 0 spiro atoms. The number of para-hydroxylation sites is 1. The van der Waals surface area contributed by atoms with E-state index in [0.29, 0.717) is 41.6 Å². The number of rotatable bonds is 4. The van der Waals surface area contributed by atoms with Crippen molar-refractivity contribution in [2.45, 2.75) is 39.2 Å². The highest BCUT2D eigenvalue weighted by Gasteiger charge is 2.29. The van der Waals surface area contributed by atoms with Crippen LogP contribution in [0.1, 0.15) is 41.6 Å². The van der Waals surface area contributed by atoms with E-state index in [2.05, 4.69) is 5.16 Å². The lowest BCUT2D eigenvalue weighted by Gasteiger charge is -2.32. The summed E-state index contributed by atoms with van der Waals surface area (Å²) in [5, 5.41) is 4.58. The van der Waals surface area contributed by atoms with Crippen LogP contribution in [0.15, 0.2) is 28.8 Å². The average Bonchev–Trinajstić information content (AvgIpc) is 2.98. The molecule has 3 rings (SSSR count). The summed E-state index contributed by atoms with van der Waals surface area (Å²) in [6, 6.07) is 7.47. The Balaban J connectivity index is 1.62. The predicted octanol–water partition coefficient (Wildman–Crippen LogP) is 3.88. The number of halogens is 1. The molecule has 128 valence electrons. The minimum Gasteiger partial charge on any atom is -0.489 e. The SMILES string of the molecule is CCc1noc(C)c1C(=O)N1CCC(Oc2ccccc2Cl)CC1. The summed E-state index contributed by atoms with van der Waals surface area (Å²) < 4.78 is 11.1. The molecule has 1 saturated heterocycles. The number of carbonyl (C=O) groups excluding carboxylic acids is 1. The first kappa shape index (κ1) is 16.8. The smallest absolute Gasteiger partial charge is 0.259 e. The number of hydrogen-bond acceptors (Lipinski definition) is 4. The largest absolute Gasteiger partial charge is 0.489 e. The topological polar surface area (TPSA) is 55.6 Å². The van der Waals surface area contributed by atoms with Gasteiger partial charge in [0, 0.05) is 25.9 Å². The van der Waals surface area contributed by atoms with Crippen LogP contribution >= 0.6 is 11.6 Å². The van der Waals surface area contributed by atoms with E-state index in [-0.39, 0.29) is 12.0 Å². The highest BCUT2D eigenvalue weighted by molar-refractivity contribution is 6.32. The van der Waals surface area contributed by atoms with Crippen LogP contribution in [-0.2, 0) is 6.42 Å². The van der Waals surface area contributed by atoms with Gasteiger partial charge in [-0.15, -0.1) is 0 Å². The fourth-order valence-electron chi connectivity index (χ4n) is 2.99. The molecule has 0 unspecified atom stereocenters. The van der Waals surface area contributed by atoms with Crippen LogP contribution < -0.4 is 4.74 Å². The summed E-state index contributed by atoms with van der Waals surface area (Å²) in [6.45, 7) is 5.06. The normalized spacial score (nSPS) is 15.5. The van der Waals surface area contributed by atoms with Crippen molar-refractivity contribution < 1.29 is 14.1 Å². The van der Waals surface area contributed by atoms with Crippen LogP contribution in [0.2, 0.25) is 5.02 Å². The Labute approximate surface area is 146 Å². The highest BCUT2D eigenvalue weighted by Crippen LogP contribution is 2.27. The first-order valence-electron chi connectivity index (χ1n) is 8.25. The van der Waals surface area contributed by atoms with Crippen LogP contribution in [0.5, 0.6) is 5.75 Å². The van der Waals surface area contributed by atoms with Crippen LogP contribution in [0.25, 0.3) is 0 Å². The number of ether oxygens (including phenoxy) is 1. The van der Waals surface area contributed by atoms with E-state index in [1.54, 1.807) is 6.92 Å². The average molecular weight is 349 g/mol. The van der Waals surface area contributed by atoms with Gasteiger partial charge in [-0.25, -0.2) is 0 Å². The van der Waals surface area contributed by atoms with E-state index in [1.165, 1.54) is 0 Å². The summed E-state index contributed by atoms with van der Waals surface area (Å²) in [6.07, 6.45) is 2.32. The lowest BCUT2D eigenvalue weighted by molar-refractivity contribution is 0.0593. The molecule has 1 aromatic carbocycles. The standard InChI is InChI=1S/C18H21ClN2O3/c1-3-15-17(12(2)24-20-15)18(22)21-10-8-13(9-11-21)23-16-7-5-4-6-14(16)19/h4-7,13H,3,8-11H2,1-2H3. The van der Waals surface area contributed by atoms with Gasteiger partial charge in [0.2, 0.25) is 0 Å². The van der Waals surface area contributed by atoms with Crippen molar-refractivity contribution in [1.29, 1.82) is 0 Å². The van der Waals surface area contributed by atoms with Gasteiger partial charge in [-0.1, -0.05) is 35.8 Å². The van der Waals surface area contributed by atoms with Crippen molar-refractivity contribution in [3.63, 3.8) is 0 Å². The first-order chi connectivity index (χ1) is 11.6. The van der Waals surface area contributed by atoms with Crippen molar-refractivity contribution in [2.24, 2.45) is 0 Å². The monoisotopic (exact) mass is 348 g/mol. The van der Waals surface area contributed by atoms with Crippen LogP contribution in [0.3, 0.4) is 0 Å². The second-order valence-corrected chi connectivity index (χ2v) is 6.36. The number of nitrogens with zero attached hydrogens (tertiary/aromatic N) is 2. The van der Waals surface area contributed by atoms with E-state index in [4.69, 9.17) is 20.9 Å². The maximum Gasteiger partial charge on any atom is 0.259 e. The second kappa shape index (κ2) is 7.26. The molecule has 1 aromatic heterocycles. The van der Waals surface area contributed by atoms with Crippen LogP contribution in [0.4, 0.5) is 0 Å². The number of hydrogen-bond donors (Lipinski definition) is 0. The van der Waals surface area contributed by atoms with E-state index >= 15 is 0 Å². The number of amides is 1. The molecule has 1 aliphatic heterocycles. The third-order valence-electron chi connectivity index (χ3n) is 4.34. The maximum absolute atomic E-state index is 12.7. The van der Waals surface area contributed by atoms with Gasteiger partial charge in [0.1, 0.15) is 23.2 Å². The van der Waals surface area contributed by atoms with Crippen LogP contribution in [0, 0.1) is 6.92 Å². The van der Waals surface area contributed by atoms with Gasteiger partial charge in [-0.3, -0.25) is 4.79 Å². The lowest BCUT2D eigenvalue weighted by atomic mass is 10.0. The predicted molar refractivity (Wildman–Crippen MR) is 91.6 cm³/mol. The Morgan fingerprint density at radius 2 is 2.08 bits per heavy atom. The first-order valence-corrected chi connectivity index (χ1v) is 8.63. The number of likely N-dealkylation sites (tertiary alicyclic amines) is 1. The fourth-order valence-corrected chi connectivity index (χ4v) is 3.17. The Morgan fingerprint density at radius 3 is 2.75 bits per heavy atom. The zero-order valence-electron chi connectivity index (χ0n) is 13.9. The Bertz CT molecular complexity index is 721. The molecule has 6 heteroatoms. The molecular weight excluding hydrogens is 328 g/mol. The molecule has 5 nitrogen and oxygen atoms in total. The van der Waals surface area contributed by atoms with Gasteiger partial charge in [0.15, 0.2) is 0 Å². The van der Waals surface area contributed by atoms with Crippen molar-refractivity contribution in [1.82, 2.24) is 10.1 Å². The molecule has 0 aliphatic carbocycles. The molecule has 0 radical (unpaired) electrons. The summed E-state index contributed by atoms with van der Waals surface area (Å²) in [4.78, 5) is 14.6. The molecule has 2 aromatic rings. The molecule has 24 heavy (non-hydrogen) atoms. The van der Waals surface area contributed by atoms with E-state index < -0.39 is 0 Å². The molecule has 0 bridgehead atoms. The zero-order chi connectivity index (χ0) is 17.1. The molecule has 1 aliphatic rings. The van der Waals surface area contributed by atoms with Gasteiger partial charge in [-0.2, -0.15) is 0 Å². The van der Waals surface area contributed by atoms with Gasteiger partial charge >= 0.3 is 0 Å². The van der Waals surface area contributed by atoms with Crippen molar-refractivity contribution >= 4 is 17.5 Å². The Kier molecular flexibility index (Phi) is 5.09. The maximum atomic E-state index is 12.7. The number of piperidine rings is 1. The van der Waals surface area contributed by atoms with Gasteiger partial charge in [0.25, 0.3) is 5.91 Å². The summed E-state index contributed by atoms with van der Waals surface area (Å²) in [7, 11) is 0. The number of aryl methyl sites for hydroxylation is 2. The molecular formula is C18H21ClN2O3. The molecule has 0 atom stereocenters. The minimum absolute atomic E-state index is 0.00166. The van der Waals surface area contributed by atoms with E-state index in [0.717, 1.165) is 18.5 Å². The summed E-state index contributed by atoms with van der Waals surface area (Å²) in [5.41, 5.74) is 1.34. The molecule has 1 fully saturated rings. The molecule has 1 amide bonds. The van der Waals surface area contributed by atoms with Crippen LogP contribution in [-0.4, -0.2) is 35.2 Å². The van der Waals surface area contributed by atoms with Crippen molar-refractivity contribution in [3.05, 3.63) is 46.3 Å². The second-order valence-electron chi connectivity index (χ2n) is 5.95. The molecule has 2 heterocycles. The minimum atomic E-state index is 0.00166. The van der Waals surface area contributed by atoms with E-state index in [9.17, 15) is 4.79 Å². The fraction of sp³-hybridized carbons (Fsp3) is 0.444. The Morgan fingerprint density at radius 1 is 1.38 bits per heavy atom. The number of carbonyl (C=O) groups is 1. The quantitative estimate of drug-likeness (QED) is 0.841. The summed E-state index contributed by atoms with van der Waals surface area (Å²) >= 11 is 6.13. The highest BCUT2D eigenvalue weighted by atomic mass is 35.5. The van der Waals surface area contributed by atoms with Gasteiger partial charge in [-0.05, 0) is 25.5 Å². The van der Waals surface area contributed by atoms with Gasteiger partial charge < -0.3 is 14.2 Å². The zero-order valence-corrected chi connectivity index (χ0v) is 14.7. The van der Waals surface area contributed by atoms with E-state index in [1.807, 2.05) is 36.1 Å². The molecule has 0 N–H and O–H groups in total. The number of aromatic nitrogens is 1. The number of benzene rings is 1. The summed E-state index contributed by atoms with van der Waals surface area (Å²) in [5.74, 6) is 1.29.